The Kier molecular flexibility index (Phi) is 7.01. The average molecular weight is 580 g/mol. The van der Waals surface area contributed by atoms with Gasteiger partial charge in [-0.3, -0.25) is 19.4 Å². The summed E-state index contributed by atoms with van der Waals surface area (Å²) < 4.78 is 45.2. The molecule has 1 spiro atoms. The van der Waals surface area contributed by atoms with E-state index in [-0.39, 0.29) is 31.0 Å². The normalized spacial score (nSPS) is 26.1. The third kappa shape index (κ3) is 5.23. The monoisotopic (exact) mass is 579 g/mol. The summed E-state index contributed by atoms with van der Waals surface area (Å²) in [4.78, 5) is 73.6. The molecular formula is C27H32F3N5O6. The smallest absolute Gasteiger partial charge is 0.417 e. The van der Waals surface area contributed by atoms with Crippen LogP contribution in [-0.4, -0.2) is 73.9 Å². The first-order chi connectivity index (χ1) is 19.1. The molecule has 1 aromatic heterocycles. The molecule has 1 aliphatic carbocycles. The van der Waals surface area contributed by atoms with Gasteiger partial charge < -0.3 is 15.0 Å². The number of nitrogens with one attached hydrogen (secondary N) is 1. The summed E-state index contributed by atoms with van der Waals surface area (Å²) in [5.74, 6) is -2.02. The minimum atomic E-state index is -4.75. The highest BCUT2D eigenvalue weighted by molar-refractivity contribution is 6.29. The topological polar surface area (TPSA) is 129 Å². The van der Waals surface area contributed by atoms with Gasteiger partial charge in [-0.05, 0) is 65.4 Å². The van der Waals surface area contributed by atoms with E-state index >= 15 is 0 Å². The maximum atomic E-state index is 14.0. The van der Waals surface area contributed by atoms with Gasteiger partial charge in [0.1, 0.15) is 23.2 Å². The Morgan fingerprint density at radius 2 is 1.71 bits per heavy atom. The number of nitrogens with zero attached hydrogens (tertiary/aromatic N) is 4. The fraction of sp³-hybridized carbons (Fsp3) is 0.630. The Balaban J connectivity index is 1.41. The molecule has 4 aliphatic rings. The molecule has 1 aromatic rings. The van der Waals surface area contributed by atoms with Gasteiger partial charge in [-0.15, -0.1) is 0 Å². The number of alkyl halides is 3. The average Bonchev–Trinajstić information content (AvgIpc) is 3.49. The molecule has 3 aliphatic heterocycles. The maximum absolute atomic E-state index is 14.0. The third-order valence-electron chi connectivity index (χ3n) is 7.98. The Morgan fingerprint density at radius 3 is 2.34 bits per heavy atom. The lowest BCUT2D eigenvalue weighted by atomic mass is 9.99. The van der Waals surface area contributed by atoms with Gasteiger partial charge in [0.25, 0.3) is 11.8 Å². The van der Waals surface area contributed by atoms with Gasteiger partial charge in [-0.1, -0.05) is 12.8 Å². The van der Waals surface area contributed by atoms with Crippen LogP contribution < -0.4 is 10.2 Å². The van der Waals surface area contributed by atoms with Crippen LogP contribution >= 0.6 is 0 Å². The van der Waals surface area contributed by atoms with Gasteiger partial charge in [0.05, 0.1) is 17.4 Å². The van der Waals surface area contributed by atoms with E-state index in [4.69, 9.17) is 4.74 Å². The number of carbonyl (C=O) groups excluding carboxylic acids is 5. The number of aromatic nitrogens is 1. The van der Waals surface area contributed by atoms with Crippen molar-refractivity contribution in [2.24, 2.45) is 0 Å². The SMILES string of the molecule is CC(C)(C)OC(=O)N[C@H]1CCCC[C@H]2CC[C@@H](C(=O)N3C(=O)N(c4cncc(C(F)(F)F)c4)C(=O)C34CC4)N2C1=O. The van der Waals surface area contributed by atoms with E-state index in [1.165, 1.54) is 4.90 Å². The van der Waals surface area contributed by atoms with E-state index in [1.54, 1.807) is 20.8 Å². The summed E-state index contributed by atoms with van der Waals surface area (Å²) in [5.41, 5.74) is -3.81. The number of halogens is 3. The lowest BCUT2D eigenvalue weighted by molar-refractivity contribution is -0.147. The molecule has 0 bridgehead atoms. The zero-order chi connectivity index (χ0) is 29.9. The van der Waals surface area contributed by atoms with Crippen LogP contribution in [0.4, 0.5) is 28.4 Å². The Morgan fingerprint density at radius 1 is 1.02 bits per heavy atom. The lowest BCUT2D eigenvalue weighted by Crippen LogP contribution is -2.58. The largest absolute Gasteiger partial charge is 0.444 e. The molecule has 4 heterocycles. The van der Waals surface area contributed by atoms with Crippen molar-refractivity contribution in [3.8, 4) is 0 Å². The summed E-state index contributed by atoms with van der Waals surface area (Å²) in [5, 5.41) is 2.62. The van der Waals surface area contributed by atoms with Crippen molar-refractivity contribution < 1.29 is 41.9 Å². The van der Waals surface area contributed by atoms with Crippen molar-refractivity contribution in [3.63, 3.8) is 0 Å². The molecule has 1 saturated carbocycles. The predicted molar refractivity (Wildman–Crippen MR) is 136 cm³/mol. The van der Waals surface area contributed by atoms with Gasteiger partial charge in [-0.25, -0.2) is 19.4 Å². The molecule has 1 N–H and O–H groups in total. The Bertz CT molecular complexity index is 1290. The third-order valence-corrected chi connectivity index (χ3v) is 7.98. The molecule has 6 amide bonds. The molecule has 11 nitrogen and oxygen atoms in total. The van der Waals surface area contributed by atoms with Crippen LogP contribution in [0.3, 0.4) is 0 Å². The summed E-state index contributed by atoms with van der Waals surface area (Å²) in [6, 6.07) is -2.73. The van der Waals surface area contributed by atoms with Crippen molar-refractivity contribution in [1.29, 1.82) is 0 Å². The zero-order valence-corrected chi connectivity index (χ0v) is 23.0. The molecule has 222 valence electrons. The van der Waals surface area contributed by atoms with Crippen molar-refractivity contribution in [1.82, 2.24) is 20.1 Å². The molecule has 0 radical (unpaired) electrons. The second-order valence-corrected chi connectivity index (χ2v) is 12.0. The van der Waals surface area contributed by atoms with Crippen LogP contribution in [-0.2, 0) is 25.3 Å². The van der Waals surface area contributed by atoms with E-state index in [2.05, 4.69) is 10.3 Å². The van der Waals surface area contributed by atoms with E-state index in [0.29, 0.717) is 42.8 Å². The number of hydrogen-bond donors (Lipinski definition) is 1. The fourth-order valence-electron chi connectivity index (χ4n) is 5.97. The Hall–Kier alpha value is -3.71. The first-order valence-electron chi connectivity index (χ1n) is 13.7. The summed E-state index contributed by atoms with van der Waals surface area (Å²) >= 11 is 0. The number of carbonyl (C=O) groups is 5. The van der Waals surface area contributed by atoms with Crippen LogP contribution in [0.2, 0.25) is 0 Å². The molecule has 3 saturated heterocycles. The van der Waals surface area contributed by atoms with E-state index < -0.39 is 64.8 Å². The number of amides is 6. The van der Waals surface area contributed by atoms with E-state index in [9.17, 15) is 37.1 Å². The number of anilines is 1. The first-order valence-corrected chi connectivity index (χ1v) is 13.7. The molecule has 14 heteroatoms. The fourth-order valence-corrected chi connectivity index (χ4v) is 5.97. The minimum Gasteiger partial charge on any atom is -0.444 e. The quantitative estimate of drug-likeness (QED) is 0.540. The number of rotatable bonds is 3. The van der Waals surface area contributed by atoms with Crippen LogP contribution in [0.5, 0.6) is 0 Å². The highest BCUT2D eigenvalue weighted by Gasteiger charge is 2.68. The van der Waals surface area contributed by atoms with Crippen molar-refractivity contribution >= 4 is 35.5 Å². The van der Waals surface area contributed by atoms with Gasteiger partial charge >= 0.3 is 18.3 Å². The van der Waals surface area contributed by atoms with Gasteiger partial charge in [0.2, 0.25) is 5.91 Å². The van der Waals surface area contributed by atoms with Crippen molar-refractivity contribution in [3.05, 3.63) is 24.0 Å². The van der Waals surface area contributed by atoms with Crippen molar-refractivity contribution in [2.45, 2.75) is 108 Å². The molecule has 41 heavy (non-hydrogen) atoms. The summed E-state index contributed by atoms with van der Waals surface area (Å²) in [7, 11) is 0. The summed E-state index contributed by atoms with van der Waals surface area (Å²) in [6.07, 6.45) is -0.502. The molecule has 0 unspecified atom stereocenters. The predicted octanol–water partition coefficient (Wildman–Crippen LogP) is 3.76. The number of ether oxygens (including phenoxy) is 1. The van der Waals surface area contributed by atoms with Crippen LogP contribution in [0.25, 0.3) is 0 Å². The van der Waals surface area contributed by atoms with Crippen LogP contribution in [0.15, 0.2) is 18.5 Å². The highest BCUT2D eigenvalue weighted by atomic mass is 19.4. The van der Waals surface area contributed by atoms with Gasteiger partial charge in [0.15, 0.2) is 0 Å². The van der Waals surface area contributed by atoms with Gasteiger partial charge in [-0.2, -0.15) is 13.2 Å². The number of hydrogen-bond acceptors (Lipinski definition) is 7. The maximum Gasteiger partial charge on any atom is 0.417 e. The van der Waals surface area contributed by atoms with Crippen molar-refractivity contribution in [2.75, 3.05) is 4.90 Å². The second-order valence-electron chi connectivity index (χ2n) is 12.0. The number of fused-ring (bicyclic) bond motifs is 1. The number of alkyl carbamates (subject to hydrolysis) is 1. The summed E-state index contributed by atoms with van der Waals surface area (Å²) in [6.45, 7) is 5.08. The molecule has 4 fully saturated rings. The standard InChI is InChI=1S/C27H32F3N5O6/c1-25(2,3)41-23(39)32-18-7-5-4-6-16-8-9-19(33(16)20(18)36)21(37)35-24(40)34(22(38)26(35)10-11-26)17-12-15(13-31-14-17)27(28,29)30/h12-14,16,18-19H,4-11H2,1-3H3,(H,32,39)/t16-,18-,19-/m0/s1. The minimum absolute atomic E-state index is 0.166. The Labute approximate surface area is 234 Å². The molecular weight excluding hydrogens is 547 g/mol. The van der Waals surface area contributed by atoms with Gasteiger partial charge in [0, 0.05) is 12.2 Å². The molecule has 3 atom stereocenters. The lowest BCUT2D eigenvalue weighted by Gasteiger charge is -2.36. The first kappa shape index (κ1) is 28.8. The van der Waals surface area contributed by atoms with E-state index in [0.717, 1.165) is 17.5 Å². The van der Waals surface area contributed by atoms with Crippen LogP contribution in [0.1, 0.15) is 77.7 Å². The number of pyridine rings is 1. The van der Waals surface area contributed by atoms with Crippen LogP contribution in [0, 0.1) is 0 Å². The molecule has 0 aromatic carbocycles. The second kappa shape index (κ2) is 9.98. The highest BCUT2D eigenvalue weighted by Crippen LogP contribution is 2.50. The number of urea groups is 1. The number of imide groups is 2. The molecule has 5 rings (SSSR count). The van der Waals surface area contributed by atoms with E-state index in [1.807, 2.05) is 0 Å². The zero-order valence-electron chi connectivity index (χ0n) is 23.0.